The molecule has 1 unspecified atom stereocenters. The predicted octanol–water partition coefficient (Wildman–Crippen LogP) is 0.892. The molecule has 0 rings (SSSR count). The van der Waals surface area contributed by atoms with Crippen molar-refractivity contribution in [1.29, 1.82) is 0 Å². The summed E-state index contributed by atoms with van der Waals surface area (Å²) in [4.78, 5) is 0. The van der Waals surface area contributed by atoms with Crippen molar-refractivity contribution in [2.45, 2.75) is 25.5 Å². The molecule has 0 aromatic heterocycles. The highest BCUT2D eigenvalue weighted by molar-refractivity contribution is 8.00. The lowest BCUT2D eigenvalue weighted by Crippen LogP contribution is -2.14. The molecule has 0 radical (unpaired) electrons. The number of nitrogens with two attached hydrogens (primary N) is 1. The van der Waals surface area contributed by atoms with Crippen molar-refractivity contribution < 1.29 is 8.42 Å². The monoisotopic (exact) mass is 225 g/mol. The first kappa shape index (κ1) is 13.3. The Balaban J connectivity index is 3.47. The molecule has 0 aliphatic rings. The van der Waals surface area contributed by atoms with Crippen LogP contribution in [0.4, 0.5) is 0 Å². The lowest BCUT2D eigenvalue weighted by atomic mass is 10.5. The van der Waals surface area contributed by atoms with Crippen molar-refractivity contribution >= 4 is 21.6 Å². The maximum Gasteiger partial charge on any atom is 0.150 e. The molecular weight excluding hydrogens is 206 g/mol. The zero-order valence-electron chi connectivity index (χ0n) is 8.32. The van der Waals surface area contributed by atoms with Crippen molar-refractivity contribution in [1.82, 2.24) is 0 Å². The molecule has 0 aliphatic heterocycles. The fourth-order valence-corrected chi connectivity index (χ4v) is 2.68. The first-order valence-electron chi connectivity index (χ1n) is 4.54. The van der Waals surface area contributed by atoms with E-state index in [4.69, 9.17) is 5.73 Å². The van der Waals surface area contributed by atoms with Crippen molar-refractivity contribution in [2.75, 3.05) is 23.8 Å². The van der Waals surface area contributed by atoms with Crippen LogP contribution in [0.1, 0.15) is 20.3 Å². The molecule has 2 N–H and O–H groups in total. The molecule has 0 fully saturated rings. The second kappa shape index (κ2) is 6.68. The molecule has 0 saturated heterocycles. The van der Waals surface area contributed by atoms with E-state index in [1.54, 1.807) is 18.7 Å². The van der Waals surface area contributed by atoms with Crippen molar-refractivity contribution in [3.63, 3.8) is 0 Å². The zero-order valence-corrected chi connectivity index (χ0v) is 9.96. The first-order chi connectivity index (χ1) is 6.02. The molecule has 0 spiro atoms. The zero-order chi connectivity index (χ0) is 10.3. The Labute approximate surface area is 85.4 Å². The van der Waals surface area contributed by atoms with Crippen molar-refractivity contribution in [2.24, 2.45) is 5.73 Å². The smallest absolute Gasteiger partial charge is 0.150 e. The first-order valence-corrected chi connectivity index (χ1v) is 7.41. The van der Waals surface area contributed by atoms with E-state index < -0.39 is 9.84 Å². The van der Waals surface area contributed by atoms with Crippen LogP contribution in [0.5, 0.6) is 0 Å². The maximum absolute atomic E-state index is 11.1. The molecule has 0 aliphatic carbocycles. The summed E-state index contributed by atoms with van der Waals surface area (Å²) in [5.41, 5.74) is 5.43. The van der Waals surface area contributed by atoms with Gasteiger partial charge in [0, 0.05) is 17.5 Å². The van der Waals surface area contributed by atoms with E-state index in [2.05, 4.69) is 6.92 Å². The Bertz CT molecular complexity index is 214. The molecule has 0 heterocycles. The van der Waals surface area contributed by atoms with Crippen LogP contribution in [0.2, 0.25) is 0 Å². The van der Waals surface area contributed by atoms with E-state index >= 15 is 0 Å². The third-order valence-electron chi connectivity index (χ3n) is 1.77. The Kier molecular flexibility index (Phi) is 6.81. The summed E-state index contributed by atoms with van der Waals surface area (Å²) in [6.45, 7) is 4.40. The molecule has 0 bridgehead atoms. The van der Waals surface area contributed by atoms with Gasteiger partial charge < -0.3 is 5.73 Å². The second-order valence-electron chi connectivity index (χ2n) is 3.01. The van der Waals surface area contributed by atoms with E-state index in [9.17, 15) is 8.42 Å². The van der Waals surface area contributed by atoms with Gasteiger partial charge in [-0.2, -0.15) is 11.8 Å². The third-order valence-corrected chi connectivity index (χ3v) is 4.85. The predicted molar refractivity (Wildman–Crippen MR) is 59.9 cm³/mol. The van der Waals surface area contributed by atoms with Gasteiger partial charge in [-0.1, -0.05) is 13.8 Å². The number of rotatable bonds is 7. The summed E-state index contributed by atoms with van der Waals surface area (Å²) in [5.74, 6) is 1.45. The molecule has 0 aromatic carbocycles. The molecule has 13 heavy (non-hydrogen) atoms. The topological polar surface area (TPSA) is 60.2 Å². The average molecular weight is 225 g/mol. The highest BCUT2D eigenvalue weighted by Gasteiger charge is 2.07. The molecule has 0 saturated carbocycles. The average Bonchev–Trinajstić information content (AvgIpc) is 2.12. The van der Waals surface area contributed by atoms with Gasteiger partial charge in [-0.05, 0) is 12.2 Å². The summed E-state index contributed by atoms with van der Waals surface area (Å²) >= 11 is 1.74. The summed E-state index contributed by atoms with van der Waals surface area (Å²) in [5, 5.41) is 0.435. The van der Waals surface area contributed by atoms with E-state index in [1.165, 1.54) is 0 Å². The third kappa shape index (κ3) is 7.34. The van der Waals surface area contributed by atoms with Gasteiger partial charge in [0.05, 0.1) is 5.75 Å². The fourth-order valence-electron chi connectivity index (χ4n) is 0.776. The largest absolute Gasteiger partial charge is 0.329 e. The van der Waals surface area contributed by atoms with E-state index in [-0.39, 0.29) is 5.75 Å². The minimum absolute atomic E-state index is 0.254. The van der Waals surface area contributed by atoms with Crippen LogP contribution in [0.25, 0.3) is 0 Å². The van der Waals surface area contributed by atoms with Gasteiger partial charge >= 0.3 is 0 Å². The van der Waals surface area contributed by atoms with Crippen LogP contribution in [-0.4, -0.2) is 37.5 Å². The summed E-state index contributed by atoms with van der Waals surface area (Å²) in [7, 11) is -2.77. The lowest BCUT2D eigenvalue weighted by Gasteiger charge is -2.07. The Morgan fingerprint density at radius 1 is 1.46 bits per heavy atom. The normalized spacial score (nSPS) is 14.4. The Morgan fingerprint density at radius 2 is 2.08 bits per heavy atom. The van der Waals surface area contributed by atoms with Crippen LogP contribution in [0, 0.1) is 0 Å². The SMILES string of the molecule is CCS(=O)(=O)CCCSC(C)CN. The van der Waals surface area contributed by atoms with Crippen LogP contribution in [-0.2, 0) is 9.84 Å². The van der Waals surface area contributed by atoms with E-state index in [1.807, 2.05) is 0 Å². The van der Waals surface area contributed by atoms with Crippen LogP contribution in [0.15, 0.2) is 0 Å². The molecule has 3 nitrogen and oxygen atoms in total. The highest BCUT2D eigenvalue weighted by atomic mass is 32.2. The number of sulfone groups is 1. The van der Waals surface area contributed by atoms with Crippen LogP contribution in [0.3, 0.4) is 0 Å². The number of thioether (sulfide) groups is 1. The van der Waals surface area contributed by atoms with Gasteiger partial charge in [-0.15, -0.1) is 0 Å². The molecule has 5 heteroatoms. The van der Waals surface area contributed by atoms with Crippen molar-refractivity contribution in [3.8, 4) is 0 Å². The van der Waals surface area contributed by atoms with Crippen molar-refractivity contribution in [3.05, 3.63) is 0 Å². The maximum atomic E-state index is 11.1. The number of hydrogen-bond acceptors (Lipinski definition) is 4. The van der Waals surface area contributed by atoms with Gasteiger partial charge in [0.25, 0.3) is 0 Å². The second-order valence-corrected chi connectivity index (χ2v) is 7.03. The van der Waals surface area contributed by atoms with Crippen LogP contribution < -0.4 is 5.73 Å². The Morgan fingerprint density at radius 3 is 2.54 bits per heavy atom. The van der Waals surface area contributed by atoms with Gasteiger partial charge in [0.1, 0.15) is 9.84 Å². The summed E-state index contributed by atoms with van der Waals surface area (Å²) in [6, 6.07) is 0. The van der Waals surface area contributed by atoms with Gasteiger partial charge in [-0.3, -0.25) is 0 Å². The Hall–Kier alpha value is 0.260. The summed E-state index contributed by atoms with van der Waals surface area (Å²) in [6.07, 6.45) is 0.741. The van der Waals surface area contributed by atoms with E-state index in [0.717, 1.165) is 12.2 Å². The molecule has 1 atom stereocenters. The van der Waals surface area contributed by atoms with Gasteiger partial charge in [0.2, 0.25) is 0 Å². The van der Waals surface area contributed by atoms with Gasteiger partial charge in [0.15, 0.2) is 0 Å². The quantitative estimate of drug-likeness (QED) is 0.654. The number of hydrogen-bond donors (Lipinski definition) is 1. The molecular formula is C8H19NO2S2. The molecule has 0 aromatic rings. The lowest BCUT2D eigenvalue weighted by molar-refractivity contribution is 0.596. The highest BCUT2D eigenvalue weighted by Crippen LogP contribution is 2.10. The van der Waals surface area contributed by atoms with Crippen LogP contribution >= 0.6 is 11.8 Å². The fraction of sp³-hybridized carbons (Fsp3) is 1.00. The minimum Gasteiger partial charge on any atom is -0.329 e. The standard InChI is InChI=1S/C8H19NO2S2/c1-3-13(10,11)6-4-5-12-8(2)7-9/h8H,3-7,9H2,1-2H3. The molecule has 0 amide bonds. The molecule has 80 valence electrons. The minimum atomic E-state index is -2.77. The summed E-state index contributed by atoms with van der Waals surface area (Å²) < 4.78 is 22.2. The van der Waals surface area contributed by atoms with E-state index in [0.29, 0.717) is 17.5 Å². The van der Waals surface area contributed by atoms with Gasteiger partial charge in [-0.25, -0.2) is 8.42 Å².